The Balaban J connectivity index is 1.44. The van der Waals surface area contributed by atoms with Gasteiger partial charge < -0.3 is 4.90 Å². The van der Waals surface area contributed by atoms with E-state index in [1.807, 2.05) is 26.1 Å². The van der Waals surface area contributed by atoms with Gasteiger partial charge in [0.15, 0.2) is 0 Å². The summed E-state index contributed by atoms with van der Waals surface area (Å²) in [7, 11) is 0. The zero-order valence-electron chi connectivity index (χ0n) is 19.2. The molecule has 1 aliphatic rings. The van der Waals surface area contributed by atoms with Gasteiger partial charge in [0.25, 0.3) is 0 Å². The Morgan fingerprint density at radius 3 is 1.82 bits per heavy atom. The van der Waals surface area contributed by atoms with E-state index >= 15 is 0 Å². The van der Waals surface area contributed by atoms with E-state index in [0.717, 1.165) is 60.1 Å². The predicted octanol–water partition coefficient (Wildman–Crippen LogP) is 5.88. The second-order valence-electron chi connectivity index (χ2n) is 8.72. The van der Waals surface area contributed by atoms with Crippen molar-refractivity contribution in [3.05, 3.63) is 89.5 Å². The molecular weight excluding hydrogens is 432 g/mol. The monoisotopic (exact) mass is 457 g/mol. The SMILES string of the molecule is Cc1cc(C)nc(N2CCC(c3cnc(-c4ccc(F)cc4)c(-c4ccc(F)cc4)n3)CC2)n1. The molecule has 0 unspecified atom stereocenters. The Labute approximate surface area is 197 Å². The van der Waals surface area contributed by atoms with Gasteiger partial charge in [-0.25, -0.2) is 23.7 Å². The molecule has 1 saturated heterocycles. The van der Waals surface area contributed by atoms with Crippen molar-refractivity contribution in [2.45, 2.75) is 32.6 Å². The molecule has 4 aromatic rings. The minimum Gasteiger partial charge on any atom is -0.341 e. The molecule has 0 aliphatic carbocycles. The average Bonchev–Trinajstić information content (AvgIpc) is 2.84. The van der Waals surface area contributed by atoms with E-state index in [0.29, 0.717) is 11.4 Å². The zero-order valence-corrected chi connectivity index (χ0v) is 19.2. The van der Waals surface area contributed by atoms with E-state index in [1.54, 1.807) is 24.3 Å². The molecule has 0 saturated carbocycles. The number of anilines is 1. The fourth-order valence-corrected chi connectivity index (χ4v) is 4.45. The van der Waals surface area contributed by atoms with Crippen molar-refractivity contribution < 1.29 is 8.78 Å². The minimum absolute atomic E-state index is 0.246. The van der Waals surface area contributed by atoms with Gasteiger partial charge in [-0.15, -0.1) is 0 Å². The van der Waals surface area contributed by atoms with E-state index in [1.165, 1.54) is 24.3 Å². The smallest absolute Gasteiger partial charge is 0.225 e. The van der Waals surface area contributed by atoms with Crippen LogP contribution in [-0.2, 0) is 0 Å². The molecule has 1 fully saturated rings. The highest BCUT2D eigenvalue weighted by Crippen LogP contribution is 2.34. The summed E-state index contributed by atoms with van der Waals surface area (Å²) in [5.41, 5.74) is 5.70. The third-order valence-corrected chi connectivity index (χ3v) is 6.19. The normalized spacial score (nSPS) is 14.4. The van der Waals surface area contributed by atoms with E-state index in [9.17, 15) is 8.78 Å². The minimum atomic E-state index is -0.309. The quantitative estimate of drug-likeness (QED) is 0.383. The first-order valence-corrected chi connectivity index (χ1v) is 11.4. The summed E-state index contributed by atoms with van der Waals surface area (Å²) in [5, 5.41) is 0. The van der Waals surface area contributed by atoms with Crippen molar-refractivity contribution in [1.29, 1.82) is 0 Å². The van der Waals surface area contributed by atoms with Crippen molar-refractivity contribution in [1.82, 2.24) is 19.9 Å². The lowest BCUT2D eigenvalue weighted by Gasteiger charge is -2.32. The zero-order chi connectivity index (χ0) is 23.7. The molecule has 7 heteroatoms. The summed E-state index contributed by atoms with van der Waals surface area (Å²) < 4.78 is 27.1. The lowest BCUT2D eigenvalue weighted by molar-refractivity contribution is 0.489. The molecule has 3 heterocycles. The van der Waals surface area contributed by atoms with Crippen LogP contribution in [-0.4, -0.2) is 33.0 Å². The first kappa shape index (κ1) is 22.1. The van der Waals surface area contributed by atoms with E-state index in [2.05, 4.69) is 14.9 Å². The number of aromatic nitrogens is 4. The summed E-state index contributed by atoms with van der Waals surface area (Å²) in [4.78, 5) is 21.1. The number of piperidine rings is 1. The van der Waals surface area contributed by atoms with Gasteiger partial charge in [-0.3, -0.25) is 4.98 Å². The van der Waals surface area contributed by atoms with Gasteiger partial charge in [0.1, 0.15) is 11.6 Å². The number of aryl methyl sites for hydroxylation is 2. The van der Waals surface area contributed by atoms with Crippen molar-refractivity contribution in [2.24, 2.45) is 0 Å². The largest absolute Gasteiger partial charge is 0.341 e. The molecule has 0 radical (unpaired) electrons. The second-order valence-corrected chi connectivity index (χ2v) is 8.72. The lowest BCUT2D eigenvalue weighted by Crippen LogP contribution is -2.34. The molecule has 34 heavy (non-hydrogen) atoms. The summed E-state index contributed by atoms with van der Waals surface area (Å²) in [6, 6.07) is 14.4. The molecule has 2 aromatic carbocycles. The van der Waals surface area contributed by atoms with Gasteiger partial charge in [0.05, 0.1) is 17.1 Å². The van der Waals surface area contributed by atoms with Gasteiger partial charge in [-0.2, -0.15) is 0 Å². The maximum absolute atomic E-state index is 13.6. The van der Waals surface area contributed by atoms with Crippen molar-refractivity contribution in [2.75, 3.05) is 18.0 Å². The maximum atomic E-state index is 13.6. The molecule has 5 nitrogen and oxygen atoms in total. The summed E-state index contributed by atoms with van der Waals surface area (Å²) in [5.74, 6) is 0.408. The van der Waals surface area contributed by atoms with Gasteiger partial charge in [0, 0.05) is 47.7 Å². The standard InChI is InChI=1S/C27H25F2N5/c1-17-15-18(2)32-27(31-17)34-13-11-19(12-14-34)24-16-30-25(20-3-7-22(28)8-4-20)26(33-24)21-5-9-23(29)10-6-21/h3-10,15-16,19H,11-14H2,1-2H3. The van der Waals surface area contributed by atoms with Crippen LogP contribution in [0.4, 0.5) is 14.7 Å². The second kappa shape index (κ2) is 9.25. The van der Waals surface area contributed by atoms with Crippen LogP contribution in [0.5, 0.6) is 0 Å². The lowest BCUT2D eigenvalue weighted by atomic mass is 9.93. The third kappa shape index (κ3) is 4.64. The Hall–Kier alpha value is -3.74. The van der Waals surface area contributed by atoms with Crippen LogP contribution in [0, 0.1) is 25.5 Å². The number of nitrogens with zero attached hydrogens (tertiary/aromatic N) is 5. The summed E-state index contributed by atoms with van der Waals surface area (Å²) in [6.45, 7) is 5.64. The first-order chi connectivity index (χ1) is 16.5. The Morgan fingerprint density at radius 2 is 1.26 bits per heavy atom. The highest BCUT2D eigenvalue weighted by atomic mass is 19.1. The van der Waals surface area contributed by atoms with Crippen LogP contribution in [0.25, 0.3) is 22.5 Å². The number of halogens is 2. The Kier molecular flexibility index (Phi) is 6.01. The van der Waals surface area contributed by atoms with Gasteiger partial charge in [0.2, 0.25) is 5.95 Å². The summed E-state index contributed by atoms with van der Waals surface area (Å²) in [6.07, 6.45) is 3.63. The van der Waals surface area contributed by atoms with Crippen LogP contribution in [0.15, 0.2) is 60.8 Å². The Bertz CT molecular complexity index is 1280. The Morgan fingerprint density at radius 1 is 0.735 bits per heavy atom. The highest BCUT2D eigenvalue weighted by Gasteiger charge is 2.25. The van der Waals surface area contributed by atoms with Crippen LogP contribution >= 0.6 is 0 Å². The van der Waals surface area contributed by atoms with Crippen LogP contribution < -0.4 is 4.90 Å². The van der Waals surface area contributed by atoms with Gasteiger partial charge in [-0.1, -0.05) is 0 Å². The van der Waals surface area contributed by atoms with Crippen LogP contribution in [0.3, 0.4) is 0 Å². The molecule has 0 spiro atoms. The topological polar surface area (TPSA) is 54.8 Å². The number of benzene rings is 2. The summed E-state index contributed by atoms with van der Waals surface area (Å²) >= 11 is 0. The molecule has 5 rings (SSSR count). The molecular formula is C27H25F2N5. The predicted molar refractivity (Wildman–Crippen MR) is 129 cm³/mol. The first-order valence-electron chi connectivity index (χ1n) is 11.4. The molecule has 0 N–H and O–H groups in total. The molecule has 1 aliphatic heterocycles. The van der Waals surface area contributed by atoms with Gasteiger partial charge >= 0.3 is 0 Å². The average molecular weight is 458 g/mol. The van der Waals surface area contributed by atoms with Crippen LogP contribution in [0.2, 0.25) is 0 Å². The molecule has 0 bridgehead atoms. The van der Waals surface area contributed by atoms with Crippen LogP contribution in [0.1, 0.15) is 35.8 Å². The number of hydrogen-bond acceptors (Lipinski definition) is 5. The third-order valence-electron chi connectivity index (χ3n) is 6.19. The number of hydrogen-bond donors (Lipinski definition) is 0. The van der Waals surface area contributed by atoms with Crippen molar-refractivity contribution >= 4 is 5.95 Å². The molecule has 0 atom stereocenters. The molecule has 172 valence electrons. The van der Waals surface area contributed by atoms with Gasteiger partial charge in [-0.05, 0) is 81.3 Å². The number of rotatable bonds is 4. The van der Waals surface area contributed by atoms with E-state index < -0.39 is 0 Å². The molecule has 0 amide bonds. The van der Waals surface area contributed by atoms with Crippen molar-refractivity contribution in [3.63, 3.8) is 0 Å². The fourth-order valence-electron chi connectivity index (χ4n) is 4.45. The highest BCUT2D eigenvalue weighted by molar-refractivity contribution is 5.77. The fraction of sp³-hybridized carbons (Fsp3) is 0.259. The molecule has 2 aromatic heterocycles. The van der Waals surface area contributed by atoms with Crippen molar-refractivity contribution in [3.8, 4) is 22.5 Å². The maximum Gasteiger partial charge on any atom is 0.225 e. The van der Waals surface area contributed by atoms with E-state index in [4.69, 9.17) is 9.97 Å². The van der Waals surface area contributed by atoms with E-state index in [-0.39, 0.29) is 17.6 Å².